The van der Waals surface area contributed by atoms with Gasteiger partial charge in [0.05, 0.1) is 6.20 Å². The molecule has 0 bridgehead atoms. The van der Waals surface area contributed by atoms with E-state index in [2.05, 4.69) is 39.2 Å². The van der Waals surface area contributed by atoms with Crippen LogP contribution in [0.25, 0.3) is 16.9 Å². The predicted octanol–water partition coefficient (Wildman–Crippen LogP) is 4.92. The van der Waals surface area contributed by atoms with Gasteiger partial charge >= 0.3 is 0 Å². The van der Waals surface area contributed by atoms with Crippen molar-refractivity contribution in [2.24, 2.45) is 0 Å². The first-order valence-electron chi connectivity index (χ1n) is 7.76. The van der Waals surface area contributed by atoms with Crippen LogP contribution >= 0.6 is 15.9 Å². The number of aromatic nitrogens is 3. The van der Waals surface area contributed by atoms with Crippen molar-refractivity contribution < 1.29 is 5.11 Å². The summed E-state index contributed by atoms with van der Waals surface area (Å²) in [6, 6.07) is 13.1. The molecule has 4 aromatic rings. The topological polar surface area (TPSA) is 62.5 Å². The van der Waals surface area contributed by atoms with Crippen molar-refractivity contribution in [2.45, 2.75) is 6.92 Å². The Morgan fingerprint density at radius 3 is 2.68 bits per heavy atom. The molecular weight excluding hydrogens is 380 g/mol. The van der Waals surface area contributed by atoms with E-state index >= 15 is 0 Å². The molecule has 6 heteroatoms. The zero-order chi connectivity index (χ0) is 17.4. The highest BCUT2D eigenvalue weighted by Crippen LogP contribution is 2.32. The van der Waals surface area contributed by atoms with Gasteiger partial charge in [0.2, 0.25) is 0 Å². The van der Waals surface area contributed by atoms with Crippen molar-refractivity contribution in [3.8, 4) is 17.0 Å². The number of benzene rings is 2. The van der Waals surface area contributed by atoms with Crippen LogP contribution in [0.3, 0.4) is 0 Å². The average molecular weight is 395 g/mol. The van der Waals surface area contributed by atoms with Gasteiger partial charge in [0.25, 0.3) is 0 Å². The SMILES string of the molecule is Cc1ccc(Nc2c(-c3ccc(O)cc3)nc3cnccn23)cc1Br. The number of aromatic hydroxyl groups is 1. The van der Waals surface area contributed by atoms with Gasteiger partial charge in [0.15, 0.2) is 5.65 Å². The number of aryl methyl sites for hydroxylation is 1. The van der Waals surface area contributed by atoms with E-state index in [1.54, 1.807) is 24.5 Å². The van der Waals surface area contributed by atoms with Crippen LogP contribution in [0.5, 0.6) is 5.75 Å². The first kappa shape index (κ1) is 15.7. The number of hydrogen-bond acceptors (Lipinski definition) is 4. The molecule has 0 fully saturated rings. The molecule has 0 aliphatic rings. The molecule has 0 aliphatic heterocycles. The van der Waals surface area contributed by atoms with Crippen LogP contribution < -0.4 is 5.32 Å². The van der Waals surface area contributed by atoms with Crippen molar-refractivity contribution >= 4 is 33.1 Å². The summed E-state index contributed by atoms with van der Waals surface area (Å²) in [5, 5.41) is 13.0. The summed E-state index contributed by atoms with van der Waals surface area (Å²) >= 11 is 3.57. The van der Waals surface area contributed by atoms with Gasteiger partial charge in [-0.15, -0.1) is 0 Å². The molecular formula is C19H15BrN4O. The average Bonchev–Trinajstić information content (AvgIpc) is 2.97. The minimum absolute atomic E-state index is 0.228. The number of halogens is 1. The van der Waals surface area contributed by atoms with E-state index in [0.717, 1.165) is 32.9 Å². The van der Waals surface area contributed by atoms with E-state index in [1.807, 2.05) is 34.9 Å². The summed E-state index contributed by atoms with van der Waals surface area (Å²) in [6.07, 6.45) is 5.32. The smallest absolute Gasteiger partial charge is 0.157 e. The monoisotopic (exact) mass is 394 g/mol. The van der Waals surface area contributed by atoms with Crippen LogP contribution in [-0.4, -0.2) is 19.5 Å². The van der Waals surface area contributed by atoms with Crippen LogP contribution in [0, 0.1) is 6.92 Å². The highest BCUT2D eigenvalue weighted by molar-refractivity contribution is 9.10. The summed E-state index contributed by atoms with van der Waals surface area (Å²) in [5.74, 6) is 1.07. The van der Waals surface area contributed by atoms with Crippen molar-refractivity contribution in [2.75, 3.05) is 5.32 Å². The van der Waals surface area contributed by atoms with Gasteiger partial charge in [0.1, 0.15) is 17.3 Å². The molecule has 25 heavy (non-hydrogen) atoms. The fourth-order valence-electron chi connectivity index (χ4n) is 2.65. The molecule has 0 amide bonds. The van der Waals surface area contributed by atoms with Crippen LogP contribution in [0.4, 0.5) is 11.5 Å². The normalized spacial score (nSPS) is 11.0. The first-order chi connectivity index (χ1) is 12.1. The largest absolute Gasteiger partial charge is 0.508 e. The summed E-state index contributed by atoms with van der Waals surface area (Å²) in [7, 11) is 0. The maximum atomic E-state index is 9.55. The second-order valence-corrected chi connectivity index (χ2v) is 6.60. The fraction of sp³-hybridized carbons (Fsp3) is 0.0526. The summed E-state index contributed by atoms with van der Waals surface area (Å²) in [6.45, 7) is 2.05. The van der Waals surface area contributed by atoms with Crippen molar-refractivity contribution in [3.05, 3.63) is 71.1 Å². The van der Waals surface area contributed by atoms with E-state index in [4.69, 9.17) is 4.98 Å². The lowest BCUT2D eigenvalue weighted by atomic mass is 10.1. The Hall–Kier alpha value is -2.86. The highest BCUT2D eigenvalue weighted by atomic mass is 79.9. The molecule has 0 radical (unpaired) electrons. The minimum atomic E-state index is 0.228. The number of nitrogens with zero attached hydrogens (tertiary/aromatic N) is 3. The van der Waals surface area contributed by atoms with Gasteiger partial charge in [0, 0.05) is 28.1 Å². The Kier molecular flexibility index (Phi) is 3.89. The molecule has 0 aliphatic carbocycles. The van der Waals surface area contributed by atoms with Gasteiger partial charge in [-0.05, 0) is 48.9 Å². The Bertz CT molecular complexity index is 1060. The number of rotatable bonds is 3. The molecule has 124 valence electrons. The van der Waals surface area contributed by atoms with Crippen LogP contribution in [-0.2, 0) is 0 Å². The van der Waals surface area contributed by atoms with Crippen LogP contribution in [0.15, 0.2) is 65.5 Å². The lowest BCUT2D eigenvalue weighted by Gasteiger charge is -2.10. The lowest BCUT2D eigenvalue weighted by Crippen LogP contribution is -1.97. The molecule has 4 rings (SSSR count). The second kappa shape index (κ2) is 6.22. The number of phenols is 1. The fourth-order valence-corrected chi connectivity index (χ4v) is 3.03. The molecule has 2 N–H and O–H groups in total. The van der Waals surface area contributed by atoms with Gasteiger partial charge < -0.3 is 10.4 Å². The van der Waals surface area contributed by atoms with E-state index < -0.39 is 0 Å². The third-order valence-electron chi connectivity index (χ3n) is 4.01. The summed E-state index contributed by atoms with van der Waals surface area (Å²) in [4.78, 5) is 8.84. The zero-order valence-electron chi connectivity index (χ0n) is 13.4. The number of nitrogens with one attached hydrogen (secondary N) is 1. The third-order valence-corrected chi connectivity index (χ3v) is 4.86. The number of anilines is 2. The quantitative estimate of drug-likeness (QED) is 0.517. The number of hydrogen-bond donors (Lipinski definition) is 2. The Morgan fingerprint density at radius 1 is 1.12 bits per heavy atom. The number of imidazole rings is 1. The van der Waals surface area contributed by atoms with Crippen molar-refractivity contribution in [1.29, 1.82) is 0 Å². The number of phenolic OH excluding ortho intramolecular Hbond substituents is 1. The minimum Gasteiger partial charge on any atom is -0.508 e. The second-order valence-electron chi connectivity index (χ2n) is 5.75. The Labute approximate surface area is 153 Å². The van der Waals surface area contributed by atoms with E-state index in [1.165, 1.54) is 5.56 Å². The van der Waals surface area contributed by atoms with Crippen molar-refractivity contribution in [1.82, 2.24) is 14.4 Å². The third kappa shape index (κ3) is 2.96. The molecule has 2 aromatic carbocycles. The predicted molar refractivity (Wildman–Crippen MR) is 102 cm³/mol. The molecule has 0 spiro atoms. The van der Waals surface area contributed by atoms with Crippen molar-refractivity contribution in [3.63, 3.8) is 0 Å². The lowest BCUT2D eigenvalue weighted by molar-refractivity contribution is 0.475. The highest BCUT2D eigenvalue weighted by Gasteiger charge is 2.14. The summed E-state index contributed by atoms with van der Waals surface area (Å²) < 4.78 is 3.00. The van der Waals surface area contributed by atoms with E-state index in [9.17, 15) is 5.11 Å². The van der Waals surface area contributed by atoms with E-state index in [0.29, 0.717) is 0 Å². The summed E-state index contributed by atoms with van der Waals surface area (Å²) in [5.41, 5.74) is 4.59. The maximum Gasteiger partial charge on any atom is 0.157 e. The van der Waals surface area contributed by atoms with Crippen LogP contribution in [0.1, 0.15) is 5.56 Å². The molecule has 2 heterocycles. The Morgan fingerprint density at radius 2 is 1.92 bits per heavy atom. The van der Waals surface area contributed by atoms with Crippen LogP contribution in [0.2, 0.25) is 0 Å². The zero-order valence-corrected chi connectivity index (χ0v) is 15.0. The molecule has 0 atom stereocenters. The van der Waals surface area contributed by atoms with Gasteiger partial charge in [-0.25, -0.2) is 4.98 Å². The maximum absolute atomic E-state index is 9.55. The van der Waals surface area contributed by atoms with Gasteiger partial charge in [-0.1, -0.05) is 22.0 Å². The Balaban J connectivity index is 1.87. The molecule has 2 aromatic heterocycles. The van der Waals surface area contributed by atoms with Gasteiger partial charge in [-0.2, -0.15) is 0 Å². The first-order valence-corrected chi connectivity index (χ1v) is 8.56. The number of fused-ring (bicyclic) bond motifs is 1. The molecule has 0 saturated heterocycles. The van der Waals surface area contributed by atoms with E-state index in [-0.39, 0.29) is 5.75 Å². The molecule has 0 saturated carbocycles. The molecule has 5 nitrogen and oxygen atoms in total. The van der Waals surface area contributed by atoms with Gasteiger partial charge in [-0.3, -0.25) is 9.38 Å². The standard InChI is InChI=1S/C19H15BrN4O/c1-12-2-5-14(10-16(12)20)22-19-18(13-3-6-15(25)7-4-13)23-17-11-21-8-9-24(17)19/h2-11,22,25H,1H3. The molecule has 0 unspecified atom stereocenters.